The number of carboxylic acids is 3. The van der Waals surface area contributed by atoms with Gasteiger partial charge in [0.15, 0.2) is 12.0 Å². The molecule has 0 rings (SSSR count). The molecule has 0 fully saturated rings. The van der Waals surface area contributed by atoms with Crippen LogP contribution in [0.5, 0.6) is 0 Å². The maximum absolute atomic E-state index is 12.4. The molecule has 0 aromatic carbocycles. The average molecular weight is 705 g/mol. The van der Waals surface area contributed by atoms with E-state index in [-0.39, 0.29) is 25.4 Å². The number of carbonyl (C=O) groups excluding carboxylic acids is 4. The van der Waals surface area contributed by atoms with Crippen LogP contribution in [0.1, 0.15) is 129 Å². The van der Waals surface area contributed by atoms with Gasteiger partial charge in [-0.1, -0.05) is 64.7 Å². The highest BCUT2D eigenvalue weighted by Crippen LogP contribution is 2.20. The van der Waals surface area contributed by atoms with Crippen molar-refractivity contribution in [1.29, 1.82) is 0 Å². The van der Waals surface area contributed by atoms with Gasteiger partial charge in [0, 0.05) is 13.5 Å². The minimum Gasteiger partial charge on any atom is -0.481 e. The van der Waals surface area contributed by atoms with Gasteiger partial charge in [-0.2, -0.15) is 0 Å². The molecule has 0 aliphatic rings. The zero-order valence-electron chi connectivity index (χ0n) is 29.2. The zero-order valence-corrected chi connectivity index (χ0v) is 29.2. The van der Waals surface area contributed by atoms with E-state index in [4.69, 9.17) is 39.0 Å². The summed E-state index contributed by atoms with van der Waals surface area (Å²) in [4.78, 5) is 80.8. The predicted molar refractivity (Wildman–Crippen MR) is 173 cm³/mol. The summed E-state index contributed by atoms with van der Waals surface area (Å²) in [6.45, 7) is 2.22. The minimum absolute atomic E-state index is 0.0501. The number of methoxy groups -OCH3 is 1. The van der Waals surface area contributed by atoms with E-state index in [1.165, 1.54) is 0 Å². The van der Waals surface area contributed by atoms with Gasteiger partial charge in [-0.15, -0.1) is 0 Å². The Morgan fingerprint density at radius 2 is 1.04 bits per heavy atom. The number of hydrogen-bond donors (Lipinski definition) is 3. The van der Waals surface area contributed by atoms with Gasteiger partial charge in [0.1, 0.15) is 19.3 Å². The summed E-state index contributed by atoms with van der Waals surface area (Å²) in [5, 5.41) is 26.5. The van der Waals surface area contributed by atoms with Gasteiger partial charge in [0.05, 0.1) is 31.8 Å². The van der Waals surface area contributed by atoms with Gasteiger partial charge in [0.25, 0.3) is 0 Å². The van der Waals surface area contributed by atoms with E-state index < -0.39 is 86.0 Å². The fourth-order valence-electron chi connectivity index (χ4n) is 4.71. The molecule has 0 saturated carbocycles. The van der Waals surface area contributed by atoms with Crippen molar-refractivity contribution in [1.82, 2.24) is 0 Å². The Kier molecular flexibility index (Phi) is 26.0. The second kappa shape index (κ2) is 28.1. The molecule has 15 nitrogen and oxygen atoms in total. The highest BCUT2D eigenvalue weighted by Gasteiger charge is 2.26. The van der Waals surface area contributed by atoms with Crippen LogP contribution in [0.25, 0.3) is 0 Å². The number of carbonyl (C=O) groups is 7. The fourth-order valence-corrected chi connectivity index (χ4v) is 4.71. The second-order valence-electron chi connectivity index (χ2n) is 11.9. The summed E-state index contributed by atoms with van der Waals surface area (Å²) in [6, 6.07) is 0. The number of esters is 4. The molecule has 0 bridgehead atoms. The second-order valence-corrected chi connectivity index (χ2v) is 11.9. The van der Waals surface area contributed by atoms with Crippen LogP contribution in [0.2, 0.25) is 0 Å². The Morgan fingerprint density at radius 1 is 0.551 bits per heavy atom. The van der Waals surface area contributed by atoms with E-state index >= 15 is 0 Å². The quantitative estimate of drug-likeness (QED) is 0.0380. The van der Waals surface area contributed by atoms with Crippen molar-refractivity contribution in [2.75, 3.05) is 20.3 Å². The molecule has 0 heterocycles. The molecule has 3 N–H and O–H groups in total. The van der Waals surface area contributed by atoms with Crippen LogP contribution in [0.15, 0.2) is 0 Å². The first-order valence-electron chi connectivity index (χ1n) is 17.2. The van der Waals surface area contributed by atoms with Crippen LogP contribution in [0.3, 0.4) is 0 Å². The fraction of sp³-hybridized carbons (Fsp3) is 0.794. The molecule has 0 aliphatic heterocycles. The summed E-state index contributed by atoms with van der Waals surface area (Å²) in [6.07, 6.45) is 8.06. The maximum atomic E-state index is 12.4. The smallest absolute Gasteiger partial charge is 0.320 e. The molecular weight excluding hydrogens is 648 g/mol. The number of ether oxygens (including phenoxy) is 5. The van der Waals surface area contributed by atoms with Gasteiger partial charge in [0.2, 0.25) is 0 Å². The number of rotatable bonds is 31. The normalized spacial score (nSPS) is 13.4. The third-order valence-corrected chi connectivity index (χ3v) is 7.66. The zero-order chi connectivity index (χ0) is 37.0. The van der Waals surface area contributed by atoms with Gasteiger partial charge < -0.3 is 39.0 Å². The van der Waals surface area contributed by atoms with Crippen LogP contribution in [0.4, 0.5) is 0 Å². The lowest BCUT2D eigenvalue weighted by molar-refractivity contribution is -0.170. The van der Waals surface area contributed by atoms with Crippen molar-refractivity contribution in [3.63, 3.8) is 0 Å². The Bertz CT molecular complexity index is 1010. The Morgan fingerprint density at radius 3 is 1.59 bits per heavy atom. The first kappa shape index (κ1) is 45.2. The summed E-state index contributed by atoms with van der Waals surface area (Å²) >= 11 is 0. The molecule has 282 valence electrons. The molecule has 49 heavy (non-hydrogen) atoms. The van der Waals surface area contributed by atoms with Crippen molar-refractivity contribution >= 4 is 41.8 Å². The van der Waals surface area contributed by atoms with Crippen molar-refractivity contribution in [3.8, 4) is 0 Å². The molecule has 0 aromatic heterocycles. The molecule has 0 saturated heterocycles. The molecule has 0 aliphatic carbocycles. The van der Waals surface area contributed by atoms with E-state index in [1.807, 2.05) is 0 Å². The van der Waals surface area contributed by atoms with Crippen molar-refractivity contribution < 1.29 is 72.6 Å². The predicted octanol–water partition coefficient (Wildman–Crippen LogP) is 4.84. The molecule has 4 unspecified atom stereocenters. The highest BCUT2D eigenvalue weighted by atomic mass is 16.6. The Labute approximate surface area is 288 Å². The van der Waals surface area contributed by atoms with Crippen LogP contribution in [-0.4, -0.2) is 95.7 Å². The lowest BCUT2D eigenvalue weighted by Crippen LogP contribution is -2.33. The first-order valence-corrected chi connectivity index (χ1v) is 17.2. The Hall–Kier alpha value is -3.75. The average Bonchev–Trinajstić information content (AvgIpc) is 3.05. The number of hydrogen-bond acceptors (Lipinski definition) is 12. The molecular formula is C34H56O15. The lowest BCUT2D eigenvalue weighted by Gasteiger charge is -2.26. The van der Waals surface area contributed by atoms with E-state index in [9.17, 15) is 33.6 Å². The number of aliphatic carboxylic acids is 3. The van der Waals surface area contributed by atoms with Crippen LogP contribution >= 0.6 is 0 Å². The van der Waals surface area contributed by atoms with Crippen LogP contribution in [0, 0.1) is 5.92 Å². The Balaban J connectivity index is 4.64. The van der Waals surface area contributed by atoms with Gasteiger partial charge in [-0.25, -0.2) is 0 Å². The minimum atomic E-state index is -1.45. The monoisotopic (exact) mass is 704 g/mol. The maximum Gasteiger partial charge on any atom is 0.320 e. The van der Waals surface area contributed by atoms with Gasteiger partial charge in [-0.05, 0) is 32.6 Å². The molecule has 0 aromatic rings. The standard InChI is InChI=1S/C34H56O15/c1-4-5-6-12-15-26(45-3)27(49-32(41)21-19-29(37)38)16-13-10-8-7-9-11-14-17-31(40)48-25(22-46-30(39)20-18-28(35)36)23-47-34(44)24(2)33(42)43/h24-27H,4-23H2,1-3H3,(H,35,36)(H,37,38)(H,42,43). The molecule has 0 amide bonds. The van der Waals surface area contributed by atoms with E-state index in [2.05, 4.69) is 6.92 Å². The molecule has 0 radical (unpaired) electrons. The van der Waals surface area contributed by atoms with Gasteiger partial charge >= 0.3 is 41.8 Å². The van der Waals surface area contributed by atoms with Crippen LogP contribution in [-0.2, 0) is 57.2 Å². The summed E-state index contributed by atoms with van der Waals surface area (Å²) in [7, 11) is 1.59. The number of carboxylic acid groups (broad SMARTS) is 3. The third-order valence-electron chi connectivity index (χ3n) is 7.66. The van der Waals surface area contributed by atoms with Crippen molar-refractivity contribution in [3.05, 3.63) is 0 Å². The van der Waals surface area contributed by atoms with Crippen LogP contribution < -0.4 is 0 Å². The lowest BCUT2D eigenvalue weighted by atomic mass is 9.99. The third kappa shape index (κ3) is 25.0. The first-order chi connectivity index (χ1) is 23.3. The summed E-state index contributed by atoms with van der Waals surface area (Å²) in [5.41, 5.74) is 0. The van der Waals surface area contributed by atoms with Gasteiger partial charge in [-0.3, -0.25) is 33.6 Å². The summed E-state index contributed by atoms with van der Waals surface area (Å²) < 4.78 is 26.4. The molecule has 0 spiro atoms. The van der Waals surface area contributed by atoms with Crippen molar-refractivity contribution in [2.24, 2.45) is 5.92 Å². The molecule has 15 heteroatoms. The summed E-state index contributed by atoms with van der Waals surface area (Å²) in [5.74, 6) is -8.17. The largest absolute Gasteiger partial charge is 0.481 e. The molecule has 4 atom stereocenters. The number of unbranched alkanes of at least 4 members (excludes halogenated alkanes) is 9. The SMILES string of the molecule is CCCCCCC(OC)C(CCCCCCCCCC(=O)OC(COC(=O)CCC(=O)O)COC(=O)C(C)C(=O)O)OC(=O)CCC(=O)O. The topological polar surface area (TPSA) is 226 Å². The van der Waals surface area contributed by atoms with Crippen molar-refractivity contribution in [2.45, 2.75) is 148 Å². The van der Waals surface area contributed by atoms with E-state index in [1.54, 1.807) is 7.11 Å². The highest BCUT2D eigenvalue weighted by molar-refractivity contribution is 5.93. The van der Waals surface area contributed by atoms with E-state index in [0.717, 1.165) is 77.6 Å². The van der Waals surface area contributed by atoms with E-state index in [0.29, 0.717) is 12.8 Å².